The molecular weight excluding hydrogens is 410 g/mol. The van der Waals surface area contributed by atoms with Crippen LogP contribution >= 0.6 is 0 Å². The smallest absolute Gasteiger partial charge is 0.346 e. The maximum Gasteiger partial charge on any atom is 0.346 e. The van der Waals surface area contributed by atoms with Crippen molar-refractivity contribution in [3.05, 3.63) is 71.3 Å². The number of hydrogen-bond acceptors (Lipinski definition) is 3. The van der Waals surface area contributed by atoms with Crippen molar-refractivity contribution in [1.82, 2.24) is 0 Å². The molecule has 2 saturated carbocycles. The largest absolute Gasteiger partial charge is 0.497 e. The number of benzene rings is 2. The van der Waals surface area contributed by atoms with Gasteiger partial charge in [0.05, 0.1) is 12.7 Å². The maximum atomic E-state index is 14.8. The highest BCUT2D eigenvalue weighted by molar-refractivity contribution is 5.91. The lowest BCUT2D eigenvalue weighted by Crippen LogP contribution is -2.30. The van der Waals surface area contributed by atoms with E-state index in [4.69, 9.17) is 9.47 Å². The predicted molar refractivity (Wildman–Crippen MR) is 120 cm³/mol. The van der Waals surface area contributed by atoms with Crippen LogP contribution in [-0.4, -0.2) is 13.1 Å². The average Bonchev–Trinajstić information content (AvgIpc) is 2.80. The molecule has 0 aromatic heterocycles. The summed E-state index contributed by atoms with van der Waals surface area (Å²) in [6.07, 6.45) is 11.5. The number of halogens is 2. The number of carbonyl (C=O) groups excluding carboxylic acids is 1. The topological polar surface area (TPSA) is 35.5 Å². The van der Waals surface area contributed by atoms with Gasteiger partial charge in [0.1, 0.15) is 11.6 Å². The second kappa shape index (κ2) is 9.85. The van der Waals surface area contributed by atoms with Crippen LogP contribution in [-0.2, 0) is 0 Å². The van der Waals surface area contributed by atoms with Gasteiger partial charge in [0.2, 0.25) is 0 Å². The molecule has 2 aromatic carbocycles. The van der Waals surface area contributed by atoms with E-state index in [0.29, 0.717) is 23.5 Å². The summed E-state index contributed by atoms with van der Waals surface area (Å²) in [5.74, 6) is 0.249. The van der Waals surface area contributed by atoms with E-state index in [1.807, 2.05) is 6.07 Å². The molecule has 4 rings (SSSR count). The van der Waals surface area contributed by atoms with Crippen LogP contribution in [0.1, 0.15) is 67.3 Å². The van der Waals surface area contributed by atoms with Gasteiger partial charge < -0.3 is 9.47 Å². The van der Waals surface area contributed by atoms with E-state index in [9.17, 15) is 13.6 Å². The highest BCUT2D eigenvalue weighted by atomic mass is 19.1. The van der Waals surface area contributed by atoms with Crippen LogP contribution in [0.25, 0.3) is 0 Å². The Hall–Kier alpha value is -2.69. The second-order valence-corrected chi connectivity index (χ2v) is 9.05. The SMILES string of the molecule is C/C=C/C1CCC2CC(c3ccc(C(=O)Oc4ccc(OC)cc4F)c(F)c3)CCC2C1. The van der Waals surface area contributed by atoms with Gasteiger partial charge in [-0.25, -0.2) is 13.6 Å². The Kier molecular flexibility index (Phi) is 6.92. The molecule has 0 spiro atoms. The van der Waals surface area contributed by atoms with Crippen LogP contribution in [0.3, 0.4) is 0 Å². The summed E-state index contributed by atoms with van der Waals surface area (Å²) in [6.45, 7) is 2.09. The van der Waals surface area contributed by atoms with Crippen molar-refractivity contribution < 1.29 is 23.0 Å². The molecule has 2 aliphatic rings. The lowest BCUT2D eigenvalue weighted by Gasteiger charge is -2.41. The molecule has 2 fully saturated rings. The molecule has 5 heteroatoms. The summed E-state index contributed by atoms with van der Waals surface area (Å²) < 4.78 is 38.9. The van der Waals surface area contributed by atoms with Crippen molar-refractivity contribution in [3.63, 3.8) is 0 Å². The third-order valence-electron chi connectivity index (χ3n) is 7.14. The summed E-state index contributed by atoms with van der Waals surface area (Å²) in [7, 11) is 1.42. The number of fused-ring (bicyclic) bond motifs is 1. The van der Waals surface area contributed by atoms with Crippen molar-refractivity contribution in [2.45, 2.75) is 51.4 Å². The van der Waals surface area contributed by atoms with Gasteiger partial charge >= 0.3 is 5.97 Å². The van der Waals surface area contributed by atoms with E-state index in [1.54, 1.807) is 0 Å². The normalized spacial score (nSPS) is 25.4. The van der Waals surface area contributed by atoms with E-state index in [0.717, 1.165) is 30.4 Å². The van der Waals surface area contributed by atoms with Gasteiger partial charge in [-0.15, -0.1) is 0 Å². The number of hydrogen-bond donors (Lipinski definition) is 0. The summed E-state index contributed by atoms with van der Waals surface area (Å²) in [5, 5.41) is 0. The molecule has 0 heterocycles. The first-order valence-electron chi connectivity index (χ1n) is 11.5. The van der Waals surface area contributed by atoms with Gasteiger partial charge in [-0.05, 0) is 98.9 Å². The first-order valence-corrected chi connectivity index (χ1v) is 11.5. The zero-order valence-corrected chi connectivity index (χ0v) is 18.7. The molecule has 0 amide bonds. The van der Waals surface area contributed by atoms with Gasteiger partial charge in [-0.2, -0.15) is 0 Å². The van der Waals surface area contributed by atoms with Crippen molar-refractivity contribution >= 4 is 5.97 Å². The first-order chi connectivity index (χ1) is 15.5. The van der Waals surface area contributed by atoms with E-state index < -0.39 is 17.6 Å². The third kappa shape index (κ3) is 4.87. The monoisotopic (exact) mass is 440 g/mol. The minimum absolute atomic E-state index is 0.190. The molecule has 2 aliphatic carbocycles. The summed E-state index contributed by atoms with van der Waals surface area (Å²) in [5.41, 5.74) is 0.744. The van der Waals surface area contributed by atoms with E-state index in [2.05, 4.69) is 19.1 Å². The van der Waals surface area contributed by atoms with Gasteiger partial charge in [0.25, 0.3) is 0 Å². The molecule has 0 saturated heterocycles. The van der Waals surface area contributed by atoms with Gasteiger partial charge in [-0.1, -0.05) is 18.2 Å². The standard InChI is InChI=1S/C27H30F2O3/c1-3-4-17-5-6-19-14-20(8-7-18(19)13-17)21-9-11-23(24(28)15-21)27(30)32-26-12-10-22(31-2)16-25(26)29/h3-4,9-12,15-20H,5-8,13-14H2,1-2H3/b4-3+. The van der Waals surface area contributed by atoms with E-state index in [-0.39, 0.29) is 11.3 Å². The average molecular weight is 441 g/mol. The molecule has 0 aliphatic heterocycles. The van der Waals surface area contributed by atoms with Crippen molar-refractivity contribution in [3.8, 4) is 11.5 Å². The minimum Gasteiger partial charge on any atom is -0.497 e. The number of carbonyl (C=O) groups is 1. The van der Waals surface area contributed by atoms with Gasteiger partial charge in [-0.3, -0.25) is 0 Å². The van der Waals surface area contributed by atoms with Gasteiger partial charge in [0.15, 0.2) is 11.6 Å². The Morgan fingerprint density at radius 1 is 0.969 bits per heavy atom. The minimum atomic E-state index is -0.913. The Balaban J connectivity index is 1.42. The second-order valence-electron chi connectivity index (χ2n) is 9.05. The molecule has 0 bridgehead atoms. The van der Waals surface area contributed by atoms with Gasteiger partial charge in [0, 0.05) is 6.07 Å². The van der Waals surface area contributed by atoms with Crippen LogP contribution in [0.15, 0.2) is 48.6 Å². The number of esters is 1. The Morgan fingerprint density at radius 2 is 1.75 bits per heavy atom. The number of allylic oxidation sites excluding steroid dienone is 2. The third-order valence-corrected chi connectivity index (χ3v) is 7.14. The summed E-state index contributed by atoms with van der Waals surface area (Å²) >= 11 is 0. The van der Waals surface area contributed by atoms with Crippen LogP contribution in [0.2, 0.25) is 0 Å². The van der Waals surface area contributed by atoms with Crippen LogP contribution < -0.4 is 9.47 Å². The molecule has 32 heavy (non-hydrogen) atoms. The molecule has 3 nitrogen and oxygen atoms in total. The fourth-order valence-corrected chi connectivity index (χ4v) is 5.47. The maximum absolute atomic E-state index is 14.8. The molecule has 2 aromatic rings. The van der Waals surface area contributed by atoms with Crippen LogP contribution in [0.5, 0.6) is 11.5 Å². The molecular formula is C27H30F2O3. The quantitative estimate of drug-likeness (QED) is 0.283. The highest BCUT2D eigenvalue weighted by Gasteiger charge is 2.35. The van der Waals surface area contributed by atoms with Crippen molar-refractivity contribution in [2.24, 2.45) is 17.8 Å². The van der Waals surface area contributed by atoms with Crippen LogP contribution in [0.4, 0.5) is 8.78 Å². The Bertz CT molecular complexity index is 1000. The Morgan fingerprint density at radius 3 is 2.47 bits per heavy atom. The number of methoxy groups -OCH3 is 1. The zero-order valence-electron chi connectivity index (χ0n) is 18.7. The van der Waals surface area contributed by atoms with Crippen molar-refractivity contribution in [2.75, 3.05) is 7.11 Å². The summed E-state index contributed by atoms with van der Waals surface area (Å²) in [6, 6.07) is 8.63. The zero-order chi connectivity index (χ0) is 22.7. The summed E-state index contributed by atoms with van der Waals surface area (Å²) in [4.78, 5) is 12.4. The lowest BCUT2D eigenvalue weighted by atomic mass is 9.64. The molecule has 0 radical (unpaired) electrons. The number of ether oxygens (including phenoxy) is 2. The van der Waals surface area contributed by atoms with E-state index >= 15 is 0 Å². The van der Waals surface area contributed by atoms with Crippen LogP contribution in [0, 0.1) is 29.4 Å². The molecule has 170 valence electrons. The highest BCUT2D eigenvalue weighted by Crippen LogP contribution is 2.48. The first kappa shape index (κ1) is 22.5. The van der Waals surface area contributed by atoms with E-state index in [1.165, 1.54) is 57.1 Å². The molecule has 4 atom stereocenters. The lowest BCUT2D eigenvalue weighted by molar-refractivity contribution is 0.0722. The molecule has 4 unspecified atom stereocenters. The Labute approximate surface area is 188 Å². The fraction of sp³-hybridized carbons (Fsp3) is 0.444. The number of rotatable bonds is 5. The van der Waals surface area contributed by atoms with Crippen molar-refractivity contribution in [1.29, 1.82) is 0 Å². The predicted octanol–water partition coefficient (Wildman–Crippen LogP) is 7.07. The molecule has 0 N–H and O–H groups in total. The fourth-order valence-electron chi connectivity index (χ4n) is 5.47.